The lowest BCUT2D eigenvalue weighted by atomic mass is 10.1. The molecule has 1 aromatic heterocycles. The summed E-state index contributed by atoms with van der Waals surface area (Å²) in [6, 6.07) is 9.33. The maximum absolute atomic E-state index is 13.2. The highest BCUT2D eigenvalue weighted by Crippen LogP contribution is 2.39. The van der Waals surface area contributed by atoms with E-state index in [9.17, 15) is 36.2 Å². The molecule has 0 unspecified atom stereocenters. The molecule has 1 saturated heterocycles. The van der Waals surface area contributed by atoms with E-state index < -0.39 is 42.5 Å². The first-order chi connectivity index (χ1) is 14.5. The van der Waals surface area contributed by atoms with Crippen molar-refractivity contribution in [1.29, 1.82) is 0 Å². The van der Waals surface area contributed by atoms with Crippen molar-refractivity contribution < 1.29 is 36.2 Å². The number of aromatic nitrogens is 1. The number of β-amino-alcohol motifs (C(OH)–C–C–N with tert-alkyl or cyclic N) is 1. The van der Waals surface area contributed by atoms with Crippen LogP contribution in [-0.4, -0.2) is 45.9 Å². The van der Waals surface area contributed by atoms with Gasteiger partial charge in [0.05, 0.1) is 17.7 Å². The Bertz CT molecular complexity index is 1130. The van der Waals surface area contributed by atoms with Crippen molar-refractivity contribution in [2.24, 2.45) is 0 Å². The van der Waals surface area contributed by atoms with Crippen molar-refractivity contribution in [1.82, 2.24) is 9.47 Å². The SMILES string of the molecule is O=C(N1CCC[C@@H](n2c3ccccc3c3cc(C(F)(F)F)ccc32)[C@H](O)C1)C(F)(F)F. The zero-order valence-corrected chi connectivity index (χ0v) is 16.0. The Morgan fingerprint density at radius 2 is 1.65 bits per heavy atom. The fourth-order valence-corrected chi connectivity index (χ4v) is 4.32. The number of fused-ring (bicyclic) bond motifs is 3. The maximum Gasteiger partial charge on any atom is 0.471 e. The Labute approximate surface area is 172 Å². The Balaban J connectivity index is 1.81. The number of nitrogens with zero attached hydrogens (tertiary/aromatic N) is 2. The van der Waals surface area contributed by atoms with E-state index in [0.717, 1.165) is 12.1 Å². The lowest BCUT2D eigenvalue weighted by molar-refractivity contribution is -0.186. The first kappa shape index (κ1) is 21.5. The highest BCUT2D eigenvalue weighted by molar-refractivity contribution is 6.08. The fourth-order valence-electron chi connectivity index (χ4n) is 4.32. The topological polar surface area (TPSA) is 45.5 Å². The second-order valence-corrected chi connectivity index (χ2v) is 7.64. The lowest BCUT2D eigenvalue weighted by Crippen LogP contribution is -2.45. The molecule has 0 radical (unpaired) electrons. The van der Waals surface area contributed by atoms with Gasteiger partial charge in [-0.15, -0.1) is 0 Å². The van der Waals surface area contributed by atoms with Crippen LogP contribution in [0.2, 0.25) is 0 Å². The summed E-state index contributed by atoms with van der Waals surface area (Å²) in [7, 11) is 0. The van der Waals surface area contributed by atoms with Crippen LogP contribution < -0.4 is 0 Å². The smallest absolute Gasteiger partial charge is 0.389 e. The predicted molar refractivity (Wildman–Crippen MR) is 101 cm³/mol. The first-order valence-corrected chi connectivity index (χ1v) is 9.62. The molecule has 2 heterocycles. The molecular formula is C21H18F6N2O2. The Morgan fingerprint density at radius 3 is 2.32 bits per heavy atom. The van der Waals surface area contributed by atoms with Gasteiger partial charge in [0, 0.05) is 34.9 Å². The van der Waals surface area contributed by atoms with Crippen LogP contribution in [0.25, 0.3) is 21.8 Å². The average molecular weight is 444 g/mol. The van der Waals surface area contributed by atoms with Crippen molar-refractivity contribution in [3.8, 4) is 0 Å². The first-order valence-electron chi connectivity index (χ1n) is 9.62. The number of aliphatic hydroxyl groups excluding tert-OH is 1. The molecule has 4 rings (SSSR count). The average Bonchev–Trinajstić information content (AvgIpc) is 2.89. The van der Waals surface area contributed by atoms with E-state index in [-0.39, 0.29) is 19.4 Å². The number of hydrogen-bond acceptors (Lipinski definition) is 2. The number of rotatable bonds is 1. The number of carbonyl (C=O) groups is 1. The molecule has 166 valence electrons. The van der Waals surface area contributed by atoms with Crippen molar-refractivity contribution in [3.05, 3.63) is 48.0 Å². The van der Waals surface area contributed by atoms with E-state index >= 15 is 0 Å². The van der Waals surface area contributed by atoms with Gasteiger partial charge in [-0.1, -0.05) is 18.2 Å². The molecule has 1 aliphatic rings. The number of likely N-dealkylation sites (tertiary alicyclic amines) is 1. The minimum absolute atomic E-state index is 0.165. The quantitative estimate of drug-likeness (QED) is 0.543. The molecule has 0 saturated carbocycles. The van der Waals surface area contributed by atoms with E-state index in [1.54, 1.807) is 28.8 Å². The van der Waals surface area contributed by atoms with Crippen molar-refractivity contribution >= 4 is 27.7 Å². The molecule has 1 N–H and O–H groups in total. The van der Waals surface area contributed by atoms with Gasteiger partial charge in [0.2, 0.25) is 0 Å². The van der Waals surface area contributed by atoms with Gasteiger partial charge >= 0.3 is 18.3 Å². The minimum atomic E-state index is -5.04. The number of alkyl halides is 6. The van der Waals surface area contributed by atoms with Crippen LogP contribution in [0.1, 0.15) is 24.4 Å². The maximum atomic E-state index is 13.2. The summed E-state index contributed by atoms with van der Waals surface area (Å²) in [6.45, 7) is -0.682. The molecule has 0 aliphatic carbocycles. The normalized spacial score (nSPS) is 20.9. The molecule has 1 amide bonds. The third-order valence-electron chi connectivity index (χ3n) is 5.68. The van der Waals surface area contributed by atoms with Gasteiger partial charge in [-0.25, -0.2) is 0 Å². The zero-order valence-electron chi connectivity index (χ0n) is 16.0. The molecule has 10 heteroatoms. The number of para-hydroxylation sites is 1. The summed E-state index contributed by atoms with van der Waals surface area (Å²) in [5.74, 6) is -2.01. The predicted octanol–water partition coefficient (Wildman–Crippen LogP) is 4.90. The molecule has 3 aromatic rings. The lowest BCUT2D eigenvalue weighted by Gasteiger charge is -2.27. The molecular weight excluding hydrogens is 426 g/mol. The Hall–Kier alpha value is -2.75. The van der Waals surface area contributed by atoms with E-state index in [0.29, 0.717) is 26.7 Å². The van der Waals surface area contributed by atoms with Gasteiger partial charge in [-0.2, -0.15) is 26.3 Å². The minimum Gasteiger partial charge on any atom is -0.389 e. The number of carbonyl (C=O) groups excluding carboxylic acids is 1. The van der Waals surface area contributed by atoms with Crippen LogP contribution in [0.4, 0.5) is 26.3 Å². The van der Waals surface area contributed by atoms with E-state index in [2.05, 4.69) is 0 Å². The van der Waals surface area contributed by atoms with Gasteiger partial charge in [-0.3, -0.25) is 4.79 Å². The van der Waals surface area contributed by atoms with Crippen molar-refractivity contribution in [2.75, 3.05) is 13.1 Å². The summed E-state index contributed by atoms with van der Waals surface area (Å²) in [6.07, 6.45) is -10.4. The third-order valence-corrected chi connectivity index (χ3v) is 5.68. The van der Waals surface area contributed by atoms with Gasteiger partial charge < -0.3 is 14.6 Å². The van der Waals surface area contributed by atoms with Crippen LogP contribution in [0.3, 0.4) is 0 Å². The standard InChI is InChI=1S/C21H18F6N2O2/c22-20(23,24)12-7-8-16-14(10-12)13-4-1-2-5-15(13)29(16)17-6-3-9-28(11-18(17)30)19(31)21(25,26)27/h1-2,4-5,7-8,10,17-18,30H,3,6,9,11H2/t17-,18-/m1/s1. The highest BCUT2D eigenvalue weighted by Gasteiger charge is 2.44. The molecule has 0 spiro atoms. The third kappa shape index (κ3) is 3.84. The van der Waals surface area contributed by atoms with Gasteiger partial charge in [0.15, 0.2) is 0 Å². The molecule has 4 nitrogen and oxygen atoms in total. The van der Waals surface area contributed by atoms with Gasteiger partial charge in [-0.05, 0) is 37.1 Å². The number of hydrogen-bond donors (Lipinski definition) is 1. The van der Waals surface area contributed by atoms with Gasteiger partial charge in [0.1, 0.15) is 0 Å². The summed E-state index contributed by atoms with van der Waals surface area (Å²) >= 11 is 0. The second-order valence-electron chi connectivity index (χ2n) is 7.64. The Kier molecular flexibility index (Phi) is 5.15. The largest absolute Gasteiger partial charge is 0.471 e. The van der Waals surface area contributed by atoms with Crippen LogP contribution >= 0.6 is 0 Å². The second kappa shape index (κ2) is 7.44. The van der Waals surface area contributed by atoms with Crippen LogP contribution in [0, 0.1) is 0 Å². The molecule has 2 atom stereocenters. The van der Waals surface area contributed by atoms with Crippen LogP contribution in [0.15, 0.2) is 42.5 Å². The molecule has 0 bridgehead atoms. The summed E-state index contributed by atoms with van der Waals surface area (Å²) in [5.41, 5.74) is 0.191. The van der Waals surface area contributed by atoms with Crippen LogP contribution in [0.5, 0.6) is 0 Å². The fraction of sp³-hybridized carbons (Fsp3) is 0.381. The Morgan fingerprint density at radius 1 is 0.968 bits per heavy atom. The number of benzene rings is 2. The summed E-state index contributed by atoms with van der Waals surface area (Å²) in [5, 5.41) is 11.6. The van der Waals surface area contributed by atoms with E-state index in [4.69, 9.17) is 0 Å². The summed E-state index contributed by atoms with van der Waals surface area (Å²) in [4.78, 5) is 12.2. The number of halogens is 6. The van der Waals surface area contributed by atoms with Crippen molar-refractivity contribution in [2.45, 2.75) is 37.3 Å². The molecule has 31 heavy (non-hydrogen) atoms. The van der Waals surface area contributed by atoms with E-state index in [1.165, 1.54) is 6.07 Å². The molecule has 2 aromatic carbocycles. The summed E-state index contributed by atoms with van der Waals surface area (Å²) < 4.78 is 79.9. The van der Waals surface area contributed by atoms with E-state index in [1.807, 2.05) is 0 Å². The highest BCUT2D eigenvalue weighted by atomic mass is 19.4. The van der Waals surface area contributed by atoms with Crippen molar-refractivity contribution in [3.63, 3.8) is 0 Å². The zero-order chi connectivity index (χ0) is 22.6. The molecule has 1 fully saturated rings. The monoisotopic (exact) mass is 444 g/mol. The number of amides is 1. The number of aliphatic hydroxyl groups is 1. The molecule has 1 aliphatic heterocycles. The van der Waals surface area contributed by atoms with Crippen LogP contribution in [-0.2, 0) is 11.0 Å². The van der Waals surface area contributed by atoms with Gasteiger partial charge in [0.25, 0.3) is 0 Å².